The Morgan fingerprint density at radius 2 is 1.70 bits per heavy atom. The van der Waals surface area contributed by atoms with Crippen molar-refractivity contribution in [3.05, 3.63) is 71.3 Å². The standard InChI is InChI=1S/C18H20N2O3/c1-12-7-9-13(10-8-12)11-15(17(19)22)20-18(23)16(21)14-5-3-2-4-6-14/h2-10,15-16,21H,11H2,1H3,(H2,19,22)(H,20,23)/t15-,16-/m0/s1. The van der Waals surface area contributed by atoms with Gasteiger partial charge in [0.15, 0.2) is 6.10 Å². The summed E-state index contributed by atoms with van der Waals surface area (Å²) < 4.78 is 0. The highest BCUT2D eigenvalue weighted by Crippen LogP contribution is 2.13. The van der Waals surface area contributed by atoms with Crippen molar-refractivity contribution in [3.63, 3.8) is 0 Å². The largest absolute Gasteiger partial charge is 0.378 e. The van der Waals surface area contributed by atoms with Crippen molar-refractivity contribution in [2.45, 2.75) is 25.5 Å². The van der Waals surface area contributed by atoms with Crippen molar-refractivity contribution >= 4 is 11.8 Å². The third kappa shape index (κ3) is 4.66. The van der Waals surface area contributed by atoms with Crippen molar-refractivity contribution in [1.82, 2.24) is 5.32 Å². The summed E-state index contributed by atoms with van der Waals surface area (Å²) in [5, 5.41) is 12.6. The number of amides is 2. The van der Waals surface area contributed by atoms with Gasteiger partial charge >= 0.3 is 0 Å². The number of carbonyl (C=O) groups is 2. The first kappa shape index (κ1) is 16.7. The van der Waals surface area contributed by atoms with E-state index in [2.05, 4.69) is 5.32 Å². The minimum Gasteiger partial charge on any atom is -0.378 e. The minimum absolute atomic E-state index is 0.281. The van der Waals surface area contributed by atoms with Gasteiger partial charge in [0.05, 0.1) is 0 Å². The van der Waals surface area contributed by atoms with E-state index in [1.165, 1.54) is 0 Å². The highest BCUT2D eigenvalue weighted by molar-refractivity contribution is 5.89. The zero-order valence-electron chi connectivity index (χ0n) is 12.9. The average molecular weight is 312 g/mol. The molecule has 0 aliphatic heterocycles. The number of aliphatic hydroxyl groups excluding tert-OH is 1. The van der Waals surface area contributed by atoms with Crippen molar-refractivity contribution in [2.24, 2.45) is 5.73 Å². The van der Waals surface area contributed by atoms with E-state index in [1.54, 1.807) is 30.3 Å². The van der Waals surface area contributed by atoms with Crippen LogP contribution in [0.25, 0.3) is 0 Å². The molecule has 2 amide bonds. The van der Waals surface area contributed by atoms with Crippen LogP contribution in [0.1, 0.15) is 22.8 Å². The topological polar surface area (TPSA) is 92.4 Å². The summed E-state index contributed by atoms with van der Waals surface area (Å²) in [6, 6.07) is 15.3. The number of nitrogens with two attached hydrogens (primary N) is 1. The Hall–Kier alpha value is -2.66. The van der Waals surface area contributed by atoms with E-state index >= 15 is 0 Å². The Morgan fingerprint density at radius 1 is 1.09 bits per heavy atom. The van der Waals surface area contributed by atoms with Gasteiger partial charge in [0.1, 0.15) is 6.04 Å². The van der Waals surface area contributed by atoms with Gasteiger partial charge in [-0.15, -0.1) is 0 Å². The maximum Gasteiger partial charge on any atom is 0.254 e. The predicted octanol–water partition coefficient (Wildman–Crippen LogP) is 1.24. The van der Waals surface area contributed by atoms with Crippen LogP contribution in [0.4, 0.5) is 0 Å². The van der Waals surface area contributed by atoms with Crippen LogP contribution in [0.2, 0.25) is 0 Å². The number of rotatable bonds is 6. The molecule has 0 radical (unpaired) electrons. The average Bonchev–Trinajstić information content (AvgIpc) is 2.56. The number of primary amides is 1. The number of benzene rings is 2. The molecular weight excluding hydrogens is 292 g/mol. The van der Waals surface area contributed by atoms with Crippen LogP contribution in [0, 0.1) is 6.92 Å². The summed E-state index contributed by atoms with van der Waals surface area (Å²) in [7, 11) is 0. The Labute approximate surface area is 135 Å². The highest BCUT2D eigenvalue weighted by atomic mass is 16.3. The smallest absolute Gasteiger partial charge is 0.254 e. The summed E-state index contributed by atoms with van der Waals surface area (Å²) in [5.74, 6) is -1.29. The van der Waals surface area contributed by atoms with E-state index in [-0.39, 0.29) is 6.42 Å². The van der Waals surface area contributed by atoms with Gasteiger partial charge < -0.3 is 16.2 Å². The molecule has 120 valence electrons. The molecule has 5 nitrogen and oxygen atoms in total. The molecule has 4 N–H and O–H groups in total. The normalized spacial score (nSPS) is 13.1. The Bertz CT molecular complexity index is 668. The van der Waals surface area contributed by atoms with Gasteiger partial charge in [0.25, 0.3) is 5.91 Å². The Kier molecular flexibility index (Phi) is 5.49. The summed E-state index contributed by atoms with van der Waals surface area (Å²) in [4.78, 5) is 23.7. The van der Waals surface area contributed by atoms with E-state index in [4.69, 9.17) is 5.73 Å². The lowest BCUT2D eigenvalue weighted by Gasteiger charge is -2.18. The molecule has 5 heteroatoms. The van der Waals surface area contributed by atoms with Crippen LogP contribution in [-0.2, 0) is 16.0 Å². The fourth-order valence-electron chi connectivity index (χ4n) is 2.22. The number of carbonyl (C=O) groups excluding carboxylic acids is 2. The molecule has 0 aliphatic carbocycles. The number of aliphatic hydroxyl groups is 1. The molecule has 0 aliphatic rings. The molecule has 0 saturated carbocycles. The molecule has 0 unspecified atom stereocenters. The highest BCUT2D eigenvalue weighted by Gasteiger charge is 2.23. The van der Waals surface area contributed by atoms with E-state index in [0.29, 0.717) is 5.56 Å². The molecule has 0 fully saturated rings. The molecule has 2 atom stereocenters. The summed E-state index contributed by atoms with van der Waals surface area (Å²) in [5.41, 5.74) is 7.82. The molecule has 2 rings (SSSR count). The first-order valence-corrected chi connectivity index (χ1v) is 7.35. The Balaban J connectivity index is 2.05. The number of aryl methyl sites for hydroxylation is 1. The van der Waals surface area contributed by atoms with E-state index in [9.17, 15) is 14.7 Å². The molecule has 2 aromatic carbocycles. The fraction of sp³-hybridized carbons (Fsp3) is 0.222. The molecule has 0 spiro atoms. The van der Waals surface area contributed by atoms with Gasteiger partial charge in [-0.1, -0.05) is 60.2 Å². The fourth-order valence-corrected chi connectivity index (χ4v) is 2.22. The number of hydrogen-bond acceptors (Lipinski definition) is 3. The maximum atomic E-state index is 12.1. The molecule has 0 bridgehead atoms. The number of hydrogen-bond donors (Lipinski definition) is 3. The summed E-state index contributed by atoms with van der Waals surface area (Å²) in [6.45, 7) is 1.97. The molecule has 23 heavy (non-hydrogen) atoms. The van der Waals surface area contributed by atoms with Crippen LogP contribution < -0.4 is 11.1 Å². The minimum atomic E-state index is -1.34. The predicted molar refractivity (Wildman–Crippen MR) is 87.4 cm³/mol. The van der Waals surface area contributed by atoms with Gasteiger partial charge in [-0.25, -0.2) is 0 Å². The second-order valence-electron chi connectivity index (χ2n) is 5.47. The van der Waals surface area contributed by atoms with Crippen molar-refractivity contribution in [1.29, 1.82) is 0 Å². The third-order valence-electron chi connectivity index (χ3n) is 3.58. The summed E-state index contributed by atoms with van der Waals surface area (Å²) >= 11 is 0. The lowest BCUT2D eigenvalue weighted by molar-refractivity contribution is -0.133. The van der Waals surface area contributed by atoms with Crippen LogP contribution >= 0.6 is 0 Å². The van der Waals surface area contributed by atoms with Gasteiger partial charge in [-0.2, -0.15) is 0 Å². The van der Waals surface area contributed by atoms with Crippen LogP contribution in [0.3, 0.4) is 0 Å². The molecule has 0 aromatic heterocycles. The SMILES string of the molecule is Cc1ccc(C[C@H](NC(=O)[C@@H](O)c2ccccc2)C(N)=O)cc1. The van der Waals surface area contributed by atoms with E-state index in [1.807, 2.05) is 31.2 Å². The van der Waals surface area contributed by atoms with E-state index < -0.39 is 24.0 Å². The van der Waals surface area contributed by atoms with Crippen molar-refractivity contribution in [3.8, 4) is 0 Å². The second kappa shape index (κ2) is 7.56. The van der Waals surface area contributed by atoms with Crippen LogP contribution in [0.15, 0.2) is 54.6 Å². The van der Waals surface area contributed by atoms with Gasteiger partial charge in [0.2, 0.25) is 5.91 Å². The van der Waals surface area contributed by atoms with Crippen LogP contribution in [0.5, 0.6) is 0 Å². The van der Waals surface area contributed by atoms with Crippen molar-refractivity contribution in [2.75, 3.05) is 0 Å². The first-order valence-electron chi connectivity index (χ1n) is 7.35. The molecule has 0 saturated heterocycles. The third-order valence-corrected chi connectivity index (χ3v) is 3.58. The van der Waals surface area contributed by atoms with Gasteiger partial charge in [-0.05, 0) is 18.1 Å². The molecule has 2 aromatic rings. The zero-order chi connectivity index (χ0) is 16.8. The Morgan fingerprint density at radius 3 is 2.26 bits per heavy atom. The lowest BCUT2D eigenvalue weighted by atomic mass is 10.0. The molecule has 0 heterocycles. The molecular formula is C18H20N2O3. The van der Waals surface area contributed by atoms with Gasteiger partial charge in [0, 0.05) is 6.42 Å². The lowest BCUT2D eigenvalue weighted by Crippen LogP contribution is -2.47. The van der Waals surface area contributed by atoms with Crippen LogP contribution in [-0.4, -0.2) is 23.0 Å². The quantitative estimate of drug-likeness (QED) is 0.749. The second-order valence-corrected chi connectivity index (χ2v) is 5.47. The monoisotopic (exact) mass is 312 g/mol. The number of nitrogens with one attached hydrogen (secondary N) is 1. The van der Waals surface area contributed by atoms with Crippen molar-refractivity contribution < 1.29 is 14.7 Å². The van der Waals surface area contributed by atoms with E-state index in [0.717, 1.165) is 11.1 Å². The zero-order valence-corrected chi connectivity index (χ0v) is 12.9. The maximum absolute atomic E-state index is 12.1. The first-order chi connectivity index (χ1) is 11.0. The van der Waals surface area contributed by atoms with Gasteiger partial charge in [-0.3, -0.25) is 9.59 Å². The summed E-state index contributed by atoms with van der Waals surface area (Å²) in [6.07, 6.45) is -1.06.